The van der Waals surface area contributed by atoms with Crippen LogP contribution < -0.4 is 0 Å². The summed E-state index contributed by atoms with van der Waals surface area (Å²) in [6.45, 7) is -0.284. The average Bonchev–Trinajstić information content (AvgIpc) is 2.33. The van der Waals surface area contributed by atoms with Gasteiger partial charge in [-0.1, -0.05) is 19.3 Å². The van der Waals surface area contributed by atoms with Crippen LogP contribution >= 0.6 is 0 Å². The molecule has 1 fully saturated rings. The molecule has 2 rings (SSSR count). The fourth-order valence-electron chi connectivity index (χ4n) is 2.16. The molecule has 4 nitrogen and oxygen atoms in total. The molecule has 16 heavy (non-hydrogen) atoms. The normalized spacial score (nSPS) is 31.9. The molecule has 0 bridgehead atoms. The average molecular weight is 226 g/mol. The monoisotopic (exact) mass is 226 g/mol. The second-order valence-electron chi connectivity index (χ2n) is 4.33. The summed E-state index contributed by atoms with van der Waals surface area (Å²) in [6, 6.07) is 0. The van der Waals surface area contributed by atoms with E-state index in [9.17, 15) is 4.79 Å². The van der Waals surface area contributed by atoms with Crippen LogP contribution in [-0.2, 0) is 14.3 Å². The lowest BCUT2D eigenvalue weighted by Crippen LogP contribution is -2.37. The number of hydrogen-bond acceptors (Lipinski definition) is 4. The fraction of sp³-hybridized carbons (Fsp3) is 0.750. The van der Waals surface area contributed by atoms with Crippen molar-refractivity contribution in [2.24, 2.45) is 0 Å². The van der Waals surface area contributed by atoms with E-state index in [0.29, 0.717) is 0 Å². The van der Waals surface area contributed by atoms with Crippen molar-refractivity contribution in [2.45, 2.75) is 50.6 Å². The van der Waals surface area contributed by atoms with E-state index in [-0.39, 0.29) is 18.5 Å². The van der Waals surface area contributed by atoms with E-state index in [2.05, 4.69) is 0 Å². The van der Waals surface area contributed by atoms with Crippen LogP contribution in [0.3, 0.4) is 0 Å². The molecule has 0 aromatic heterocycles. The summed E-state index contributed by atoms with van der Waals surface area (Å²) in [5.41, 5.74) is 0. The molecule has 1 aliphatic carbocycles. The Morgan fingerprint density at radius 3 is 2.81 bits per heavy atom. The predicted molar refractivity (Wildman–Crippen MR) is 57.9 cm³/mol. The Hall–Kier alpha value is -0.710. The van der Waals surface area contributed by atoms with Gasteiger partial charge in [0.25, 0.3) is 0 Å². The van der Waals surface area contributed by atoms with E-state index < -0.39 is 12.4 Å². The maximum absolute atomic E-state index is 11.2. The van der Waals surface area contributed by atoms with Gasteiger partial charge in [-0.3, -0.25) is 4.79 Å². The van der Waals surface area contributed by atoms with Gasteiger partial charge < -0.3 is 14.6 Å². The number of ketones is 1. The first-order valence-corrected chi connectivity index (χ1v) is 5.93. The van der Waals surface area contributed by atoms with Crippen molar-refractivity contribution in [2.75, 3.05) is 6.61 Å². The summed E-state index contributed by atoms with van der Waals surface area (Å²) >= 11 is 0. The highest BCUT2D eigenvalue weighted by atomic mass is 16.7. The molecular formula is C12H18O4. The van der Waals surface area contributed by atoms with Crippen LogP contribution in [0.2, 0.25) is 0 Å². The molecule has 0 aromatic rings. The Balaban J connectivity index is 1.85. The minimum atomic E-state index is -0.751. The Labute approximate surface area is 95.2 Å². The van der Waals surface area contributed by atoms with Crippen LogP contribution in [0.15, 0.2) is 12.2 Å². The highest BCUT2D eigenvalue weighted by molar-refractivity contribution is 5.94. The van der Waals surface area contributed by atoms with E-state index in [1.165, 1.54) is 25.3 Å². The van der Waals surface area contributed by atoms with Gasteiger partial charge in [0.2, 0.25) is 0 Å². The molecule has 1 heterocycles. The first-order chi connectivity index (χ1) is 7.79. The fourth-order valence-corrected chi connectivity index (χ4v) is 2.16. The van der Waals surface area contributed by atoms with E-state index in [1.807, 2.05) is 0 Å². The maximum atomic E-state index is 11.2. The predicted octanol–water partition coefficient (Wildman–Crippen LogP) is 1.18. The van der Waals surface area contributed by atoms with E-state index in [0.717, 1.165) is 12.8 Å². The molecule has 1 N–H and O–H groups in total. The van der Waals surface area contributed by atoms with E-state index in [4.69, 9.17) is 14.6 Å². The number of carbonyl (C=O) groups excluding carboxylic acids is 1. The summed E-state index contributed by atoms with van der Waals surface area (Å²) < 4.78 is 11.1. The summed E-state index contributed by atoms with van der Waals surface area (Å²) in [6.07, 6.45) is 7.87. The summed E-state index contributed by atoms with van der Waals surface area (Å²) in [7, 11) is 0. The Bertz CT molecular complexity index is 268. The molecule has 90 valence electrons. The lowest BCUT2D eigenvalue weighted by molar-refractivity contribution is -0.187. The molecule has 0 radical (unpaired) electrons. The van der Waals surface area contributed by atoms with Crippen molar-refractivity contribution in [3.63, 3.8) is 0 Å². The zero-order valence-electron chi connectivity index (χ0n) is 9.30. The van der Waals surface area contributed by atoms with Crippen LogP contribution in [-0.4, -0.2) is 36.0 Å². The summed E-state index contributed by atoms with van der Waals surface area (Å²) in [5, 5.41) is 8.95. The standard InChI is InChI=1S/C12H18O4/c13-8-11-10(14)6-7-12(16-11)15-9-4-2-1-3-5-9/h6-7,9,11-13H,1-5,8H2/t11-,12+/m1/s1. The first kappa shape index (κ1) is 11.8. The van der Waals surface area contributed by atoms with Crippen molar-refractivity contribution in [3.8, 4) is 0 Å². The zero-order chi connectivity index (χ0) is 11.4. The number of carbonyl (C=O) groups is 1. The minimum Gasteiger partial charge on any atom is -0.393 e. The lowest BCUT2D eigenvalue weighted by Gasteiger charge is -2.29. The van der Waals surface area contributed by atoms with Crippen LogP contribution in [0.1, 0.15) is 32.1 Å². The first-order valence-electron chi connectivity index (χ1n) is 5.93. The van der Waals surface area contributed by atoms with Crippen molar-refractivity contribution < 1.29 is 19.4 Å². The second kappa shape index (κ2) is 5.57. The van der Waals surface area contributed by atoms with Crippen LogP contribution in [0, 0.1) is 0 Å². The van der Waals surface area contributed by atoms with Crippen LogP contribution in [0.5, 0.6) is 0 Å². The van der Waals surface area contributed by atoms with Gasteiger partial charge in [0.15, 0.2) is 12.1 Å². The molecule has 0 amide bonds. The van der Waals surface area contributed by atoms with Crippen molar-refractivity contribution in [1.82, 2.24) is 0 Å². The van der Waals surface area contributed by atoms with Gasteiger partial charge in [0.05, 0.1) is 12.7 Å². The molecule has 1 saturated carbocycles. The van der Waals surface area contributed by atoms with Gasteiger partial charge in [-0.15, -0.1) is 0 Å². The van der Waals surface area contributed by atoms with Gasteiger partial charge in [0.1, 0.15) is 6.10 Å². The van der Waals surface area contributed by atoms with Crippen LogP contribution in [0.4, 0.5) is 0 Å². The lowest BCUT2D eigenvalue weighted by atomic mass is 9.98. The Kier molecular flexibility index (Phi) is 4.09. The van der Waals surface area contributed by atoms with Gasteiger partial charge in [0, 0.05) is 0 Å². The van der Waals surface area contributed by atoms with Crippen molar-refractivity contribution >= 4 is 5.78 Å². The number of ether oxygens (including phenoxy) is 2. The molecule has 2 atom stereocenters. The largest absolute Gasteiger partial charge is 0.393 e. The Morgan fingerprint density at radius 2 is 2.12 bits per heavy atom. The third-order valence-corrected chi connectivity index (χ3v) is 3.08. The number of rotatable bonds is 3. The highest BCUT2D eigenvalue weighted by Gasteiger charge is 2.27. The Morgan fingerprint density at radius 1 is 1.38 bits per heavy atom. The number of aliphatic hydroxyl groups is 1. The molecule has 0 spiro atoms. The zero-order valence-corrected chi connectivity index (χ0v) is 9.30. The third kappa shape index (κ3) is 2.90. The number of aliphatic hydroxyl groups excluding tert-OH is 1. The molecular weight excluding hydrogens is 208 g/mol. The maximum Gasteiger partial charge on any atom is 0.186 e. The number of hydrogen-bond donors (Lipinski definition) is 1. The van der Waals surface area contributed by atoms with E-state index in [1.54, 1.807) is 6.08 Å². The van der Waals surface area contributed by atoms with Gasteiger partial charge >= 0.3 is 0 Å². The second-order valence-corrected chi connectivity index (χ2v) is 4.33. The molecule has 0 aromatic carbocycles. The summed E-state index contributed by atoms with van der Waals surface area (Å²) in [4.78, 5) is 11.2. The summed E-state index contributed by atoms with van der Waals surface area (Å²) in [5.74, 6) is -0.189. The van der Waals surface area contributed by atoms with Crippen molar-refractivity contribution in [1.29, 1.82) is 0 Å². The smallest absolute Gasteiger partial charge is 0.186 e. The third-order valence-electron chi connectivity index (χ3n) is 3.08. The van der Waals surface area contributed by atoms with Crippen LogP contribution in [0.25, 0.3) is 0 Å². The molecule has 0 unspecified atom stereocenters. The molecule has 0 saturated heterocycles. The SMILES string of the molecule is O=C1C=C[C@@H](OC2CCCCC2)O[C@@H]1CO. The quantitative estimate of drug-likeness (QED) is 0.785. The molecule has 1 aliphatic heterocycles. The van der Waals surface area contributed by atoms with Gasteiger partial charge in [-0.25, -0.2) is 0 Å². The topological polar surface area (TPSA) is 55.8 Å². The van der Waals surface area contributed by atoms with Gasteiger partial charge in [-0.05, 0) is 25.0 Å². The highest BCUT2D eigenvalue weighted by Crippen LogP contribution is 2.23. The van der Waals surface area contributed by atoms with Gasteiger partial charge in [-0.2, -0.15) is 0 Å². The van der Waals surface area contributed by atoms with E-state index >= 15 is 0 Å². The molecule has 4 heteroatoms. The minimum absolute atomic E-state index is 0.189. The molecule has 2 aliphatic rings. The van der Waals surface area contributed by atoms with Crippen molar-refractivity contribution in [3.05, 3.63) is 12.2 Å².